The second-order valence-electron chi connectivity index (χ2n) is 4.23. The maximum atomic E-state index is 9.76. The molecule has 0 aliphatic carbocycles. The molecule has 1 aromatic rings. The monoisotopic (exact) mass is 291 g/mol. The van der Waals surface area contributed by atoms with Gasteiger partial charge in [-0.15, -0.1) is 0 Å². The highest BCUT2D eigenvalue weighted by molar-refractivity contribution is 6.37. The molecule has 0 radical (unpaired) electrons. The third kappa shape index (κ3) is 5.02. The summed E-state index contributed by atoms with van der Waals surface area (Å²) in [5, 5.41) is 13.9. The van der Waals surface area contributed by atoms with Crippen molar-refractivity contribution in [3.05, 3.63) is 28.2 Å². The van der Waals surface area contributed by atoms with Gasteiger partial charge in [-0.25, -0.2) is 0 Å². The van der Waals surface area contributed by atoms with E-state index in [2.05, 4.69) is 19.2 Å². The third-order valence-electron chi connectivity index (χ3n) is 2.65. The largest absolute Gasteiger partial charge is 0.488 e. The van der Waals surface area contributed by atoms with Gasteiger partial charge >= 0.3 is 0 Å². The van der Waals surface area contributed by atoms with Crippen molar-refractivity contribution in [3.63, 3.8) is 0 Å². The molecule has 0 aromatic heterocycles. The van der Waals surface area contributed by atoms with Crippen LogP contribution in [0.4, 0.5) is 0 Å². The van der Waals surface area contributed by atoms with Gasteiger partial charge in [-0.05, 0) is 25.5 Å². The second kappa shape index (κ2) is 7.85. The fourth-order valence-electron chi connectivity index (χ4n) is 1.34. The van der Waals surface area contributed by atoms with Crippen molar-refractivity contribution < 1.29 is 9.84 Å². The fraction of sp³-hybridized carbons (Fsp3) is 0.538. The maximum absolute atomic E-state index is 9.76. The van der Waals surface area contributed by atoms with E-state index < -0.39 is 6.10 Å². The zero-order valence-corrected chi connectivity index (χ0v) is 12.1. The number of hydrogen-bond acceptors (Lipinski definition) is 3. The van der Waals surface area contributed by atoms with Crippen LogP contribution in [0.15, 0.2) is 18.2 Å². The Morgan fingerprint density at radius 1 is 1.33 bits per heavy atom. The molecule has 0 saturated carbocycles. The van der Waals surface area contributed by atoms with Gasteiger partial charge in [0.05, 0.1) is 10.0 Å². The molecule has 5 heteroatoms. The van der Waals surface area contributed by atoms with Gasteiger partial charge in [0.1, 0.15) is 12.7 Å². The molecular formula is C13H19Cl2NO2. The van der Waals surface area contributed by atoms with Crippen LogP contribution in [-0.4, -0.2) is 30.4 Å². The molecule has 18 heavy (non-hydrogen) atoms. The van der Waals surface area contributed by atoms with Crippen LogP contribution >= 0.6 is 23.2 Å². The lowest BCUT2D eigenvalue weighted by atomic mass is 10.2. The molecule has 3 nitrogen and oxygen atoms in total. The van der Waals surface area contributed by atoms with Crippen molar-refractivity contribution in [2.24, 2.45) is 0 Å². The molecule has 0 amide bonds. The van der Waals surface area contributed by atoms with E-state index in [1.165, 1.54) is 0 Å². The first-order valence-corrected chi connectivity index (χ1v) is 6.78. The molecule has 0 spiro atoms. The van der Waals surface area contributed by atoms with E-state index >= 15 is 0 Å². The van der Waals surface area contributed by atoms with Crippen LogP contribution in [0.25, 0.3) is 0 Å². The van der Waals surface area contributed by atoms with Gasteiger partial charge in [0.15, 0.2) is 5.75 Å². The average Bonchev–Trinajstić information content (AvgIpc) is 2.35. The Labute approximate surface area is 118 Å². The Balaban J connectivity index is 2.40. The Hall–Kier alpha value is -0.480. The van der Waals surface area contributed by atoms with Crippen LogP contribution < -0.4 is 10.1 Å². The van der Waals surface area contributed by atoms with E-state index in [1.807, 2.05) is 0 Å². The highest BCUT2D eigenvalue weighted by Crippen LogP contribution is 2.32. The summed E-state index contributed by atoms with van der Waals surface area (Å²) in [6.07, 6.45) is 0.426. The summed E-state index contributed by atoms with van der Waals surface area (Å²) in [4.78, 5) is 0. The van der Waals surface area contributed by atoms with E-state index in [0.29, 0.717) is 28.4 Å². The molecule has 2 unspecified atom stereocenters. The molecule has 1 rings (SSSR count). The molecular weight excluding hydrogens is 273 g/mol. The molecule has 0 aliphatic heterocycles. The minimum absolute atomic E-state index is 0.160. The van der Waals surface area contributed by atoms with Gasteiger partial charge < -0.3 is 15.2 Å². The zero-order valence-electron chi connectivity index (χ0n) is 10.6. The van der Waals surface area contributed by atoms with Crippen LogP contribution in [-0.2, 0) is 0 Å². The first-order chi connectivity index (χ1) is 8.54. The topological polar surface area (TPSA) is 41.5 Å². The van der Waals surface area contributed by atoms with E-state index in [4.69, 9.17) is 27.9 Å². The Kier molecular flexibility index (Phi) is 6.79. The lowest BCUT2D eigenvalue weighted by molar-refractivity contribution is 0.104. The third-order valence-corrected chi connectivity index (χ3v) is 3.25. The van der Waals surface area contributed by atoms with Gasteiger partial charge in [0.2, 0.25) is 0 Å². The zero-order chi connectivity index (χ0) is 13.5. The lowest BCUT2D eigenvalue weighted by Crippen LogP contribution is -2.36. The quantitative estimate of drug-likeness (QED) is 0.811. The van der Waals surface area contributed by atoms with Gasteiger partial charge in [-0.3, -0.25) is 0 Å². The Morgan fingerprint density at radius 2 is 1.94 bits per heavy atom. The van der Waals surface area contributed by atoms with Crippen molar-refractivity contribution in [1.29, 1.82) is 0 Å². The summed E-state index contributed by atoms with van der Waals surface area (Å²) in [6, 6.07) is 5.53. The van der Waals surface area contributed by atoms with E-state index in [0.717, 1.165) is 6.42 Å². The number of aliphatic hydroxyl groups excluding tert-OH is 1. The molecule has 0 aliphatic rings. The minimum atomic E-state index is -0.591. The van der Waals surface area contributed by atoms with Crippen LogP contribution in [0.2, 0.25) is 10.0 Å². The van der Waals surface area contributed by atoms with Gasteiger partial charge in [0, 0.05) is 12.6 Å². The van der Waals surface area contributed by atoms with Gasteiger partial charge in [-0.1, -0.05) is 36.2 Å². The number of aliphatic hydroxyl groups is 1. The second-order valence-corrected chi connectivity index (χ2v) is 5.05. The predicted octanol–water partition coefficient (Wildman–Crippen LogP) is 3.12. The predicted molar refractivity (Wildman–Crippen MR) is 75.7 cm³/mol. The number of nitrogens with one attached hydrogen (secondary N) is 1. The van der Waals surface area contributed by atoms with E-state index in [-0.39, 0.29) is 6.61 Å². The summed E-state index contributed by atoms with van der Waals surface area (Å²) >= 11 is 11.9. The first-order valence-electron chi connectivity index (χ1n) is 6.02. The number of para-hydroxylation sites is 1. The number of ether oxygens (including phenoxy) is 1. The van der Waals surface area contributed by atoms with Crippen molar-refractivity contribution in [2.45, 2.75) is 32.4 Å². The van der Waals surface area contributed by atoms with Crippen molar-refractivity contribution >= 4 is 23.2 Å². The first kappa shape index (κ1) is 15.6. The molecule has 0 heterocycles. The molecule has 0 fully saturated rings. The molecule has 102 valence electrons. The smallest absolute Gasteiger partial charge is 0.156 e. The normalized spacial score (nSPS) is 14.3. The summed E-state index contributed by atoms with van der Waals surface area (Å²) in [5.74, 6) is 0.420. The number of rotatable bonds is 7. The van der Waals surface area contributed by atoms with Crippen LogP contribution in [0.3, 0.4) is 0 Å². The molecule has 2 N–H and O–H groups in total. The van der Waals surface area contributed by atoms with Crippen LogP contribution in [0.1, 0.15) is 20.3 Å². The van der Waals surface area contributed by atoms with Crippen molar-refractivity contribution in [2.75, 3.05) is 13.2 Å². The van der Waals surface area contributed by atoms with E-state index in [1.54, 1.807) is 18.2 Å². The average molecular weight is 292 g/mol. The minimum Gasteiger partial charge on any atom is -0.488 e. The lowest BCUT2D eigenvalue weighted by Gasteiger charge is -2.17. The Bertz CT molecular complexity index is 354. The van der Waals surface area contributed by atoms with Crippen LogP contribution in [0, 0.1) is 0 Å². The summed E-state index contributed by atoms with van der Waals surface area (Å²) < 4.78 is 5.44. The van der Waals surface area contributed by atoms with Crippen molar-refractivity contribution in [1.82, 2.24) is 5.32 Å². The molecule has 0 bridgehead atoms. The highest BCUT2D eigenvalue weighted by Gasteiger charge is 2.11. The Morgan fingerprint density at radius 3 is 2.50 bits per heavy atom. The fourth-order valence-corrected chi connectivity index (χ4v) is 1.85. The number of benzene rings is 1. The van der Waals surface area contributed by atoms with Gasteiger partial charge in [0.25, 0.3) is 0 Å². The summed E-state index contributed by atoms with van der Waals surface area (Å²) in [5.41, 5.74) is 0. The van der Waals surface area contributed by atoms with E-state index in [9.17, 15) is 5.11 Å². The molecule has 2 atom stereocenters. The summed E-state index contributed by atoms with van der Waals surface area (Å²) in [6.45, 7) is 4.80. The highest BCUT2D eigenvalue weighted by atomic mass is 35.5. The molecule has 1 aromatic carbocycles. The van der Waals surface area contributed by atoms with Crippen LogP contribution in [0.5, 0.6) is 5.75 Å². The number of hydrogen-bond donors (Lipinski definition) is 2. The SMILES string of the molecule is CCC(C)NCC(O)COc1c(Cl)cccc1Cl. The van der Waals surface area contributed by atoms with Gasteiger partial charge in [-0.2, -0.15) is 0 Å². The van der Waals surface area contributed by atoms with Crippen molar-refractivity contribution in [3.8, 4) is 5.75 Å². The molecule has 0 saturated heterocycles. The maximum Gasteiger partial charge on any atom is 0.156 e. The number of halogens is 2. The summed E-state index contributed by atoms with van der Waals surface area (Å²) in [7, 11) is 0. The standard InChI is InChI=1S/C13H19Cl2NO2/c1-3-9(2)16-7-10(17)8-18-13-11(14)5-4-6-12(13)15/h4-6,9-10,16-17H,3,7-8H2,1-2H3.